The molecular formula is C10H13N3O3S2. The normalized spacial score (nSPS) is 11.9. The molecule has 0 amide bonds. The number of nitrogens with zero attached hydrogens (tertiary/aromatic N) is 1. The maximum Gasteiger partial charge on any atom is 0.241 e. The summed E-state index contributed by atoms with van der Waals surface area (Å²) in [5, 5.41) is 1.56. The number of nitrogens with two attached hydrogens (primary N) is 1. The lowest BCUT2D eigenvalue weighted by Gasteiger charge is -2.01. The summed E-state index contributed by atoms with van der Waals surface area (Å²) in [6, 6.07) is 1.56. The third-order valence-electron chi connectivity index (χ3n) is 2.22. The first-order valence-electron chi connectivity index (χ1n) is 5.20. The van der Waals surface area contributed by atoms with E-state index < -0.39 is 10.0 Å². The van der Waals surface area contributed by atoms with E-state index in [1.807, 2.05) is 0 Å². The second-order valence-electron chi connectivity index (χ2n) is 3.64. The molecule has 0 aromatic carbocycles. The zero-order valence-corrected chi connectivity index (χ0v) is 11.3. The van der Waals surface area contributed by atoms with E-state index in [0.717, 1.165) is 4.88 Å². The fourth-order valence-electron chi connectivity index (χ4n) is 1.33. The molecule has 0 atom stereocenters. The van der Waals surface area contributed by atoms with E-state index in [1.54, 1.807) is 24.6 Å². The average molecular weight is 287 g/mol. The van der Waals surface area contributed by atoms with Crippen molar-refractivity contribution < 1.29 is 12.8 Å². The quantitative estimate of drug-likeness (QED) is 0.854. The lowest BCUT2D eigenvalue weighted by molar-refractivity contribution is 0.463. The topological polar surface area (TPSA) is 98.2 Å². The van der Waals surface area contributed by atoms with Gasteiger partial charge >= 0.3 is 0 Å². The molecule has 98 valence electrons. The molecule has 0 unspecified atom stereocenters. The van der Waals surface area contributed by atoms with Crippen molar-refractivity contribution in [2.45, 2.75) is 24.9 Å². The van der Waals surface area contributed by atoms with Crippen LogP contribution in [0.15, 0.2) is 27.0 Å². The zero-order valence-electron chi connectivity index (χ0n) is 9.71. The predicted molar refractivity (Wildman–Crippen MR) is 67.5 cm³/mol. The third-order valence-corrected chi connectivity index (χ3v) is 4.71. The molecule has 18 heavy (non-hydrogen) atoms. The van der Waals surface area contributed by atoms with Crippen LogP contribution in [0.25, 0.3) is 0 Å². The van der Waals surface area contributed by atoms with Gasteiger partial charge in [-0.25, -0.2) is 18.1 Å². The van der Waals surface area contributed by atoms with Crippen LogP contribution in [0.5, 0.6) is 0 Å². The Bertz CT molecular complexity index is 630. The van der Waals surface area contributed by atoms with E-state index in [1.165, 1.54) is 11.3 Å². The Hall–Kier alpha value is -1.22. The van der Waals surface area contributed by atoms with Crippen molar-refractivity contribution >= 4 is 21.4 Å². The second kappa shape index (κ2) is 5.19. The molecule has 6 nitrogen and oxygen atoms in total. The highest BCUT2D eigenvalue weighted by molar-refractivity contribution is 7.89. The maximum absolute atomic E-state index is 11.9. The van der Waals surface area contributed by atoms with Crippen LogP contribution in [0.3, 0.4) is 0 Å². The van der Waals surface area contributed by atoms with Crippen LogP contribution in [-0.4, -0.2) is 13.4 Å². The van der Waals surface area contributed by atoms with Crippen molar-refractivity contribution in [3.63, 3.8) is 0 Å². The third kappa shape index (κ3) is 2.96. The Balaban J connectivity index is 2.07. The first-order valence-corrected chi connectivity index (χ1v) is 7.56. The standard InChI is InChI=1S/C10H13N3O3S2/c1-7-4-12-10(16-7)5-13-18(14,15)9-2-8(3-11)17-6-9/h2,4,6,13H,3,5,11H2,1H3. The number of aromatic nitrogens is 1. The SMILES string of the molecule is Cc1cnc(CNS(=O)(=O)c2csc(CN)c2)o1. The van der Waals surface area contributed by atoms with Gasteiger partial charge < -0.3 is 10.2 Å². The van der Waals surface area contributed by atoms with E-state index in [4.69, 9.17) is 10.2 Å². The number of oxazole rings is 1. The van der Waals surface area contributed by atoms with E-state index in [0.29, 0.717) is 18.2 Å². The van der Waals surface area contributed by atoms with Gasteiger partial charge in [0.15, 0.2) is 0 Å². The molecule has 2 aromatic rings. The molecule has 0 radical (unpaired) electrons. The number of nitrogens with one attached hydrogen (secondary N) is 1. The predicted octanol–water partition coefficient (Wildman–Crippen LogP) is 0.982. The molecule has 2 aromatic heterocycles. The Kier molecular flexibility index (Phi) is 3.81. The average Bonchev–Trinajstić information content (AvgIpc) is 2.95. The largest absolute Gasteiger partial charge is 0.445 e. The number of hydrogen-bond acceptors (Lipinski definition) is 6. The van der Waals surface area contributed by atoms with E-state index in [-0.39, 0.29) is 11.4 Å². The van der Waals surface area contributed by atoms with Gasteiger partial charge in [-0.05, 0) is 13.0 Å². The van der Waals surface area contributed by atoms with E-state index in [2.05, 4.69) is 9.71 Å². The van der Waals surface area contributed by atoms with Crippen LogP contribution in [0.2, 0.25) is 0 Å². The van der Waals surface area contributed by atoms with E-state index in [9.17, 15) is 8.42 Å². The summed E-state index contributed by atoms with van der Waals surface area (Å²) in [6.07, 6.45) is 1.54. The van der Waals surface area contributed by atoms with Crippen LogP contribution in [-0.2, 0) is 23.1 Å². The van der Waals surface area contributed by atoms with Crippen LogP contribution >= 0.6 is 11.3 Å². The fraction of sp³-hybridized carbons (Fsp3) is 0.300. The first-order chi connectivity index (χ1) is 8.51. The molecule has 8 heteroatoms. The summed E-state index contributed by atoms with van der Waals surface area (Å²) >= 11 is 1.32. The van der Waals surface area contributed by atoms with Crippen LogP contribution in [0.1, 0.15) is 16.5 Å². The van der Waals surface area contributed by atoms with Gasteiger partial charge in [0, 0.05) is 16.8 Å². The summed E-state index contributed by atoms with van der Waals surface area (Å²) in [5.41, 5.74) is 5.44. The molecule has 0 aliphatic heterocycles. The smallest absolute Gasteiger partial charge is 0.241 e. The van der Waals surface area contributed by atoms with E-state index >= 15 is 0 Å². The summed E-state index contributed by atoms with van der Waals surface area (Å²) in [7, 11) is -3.53. The van der Waals surface area contributed by atoms with Crippen molar-refractivity contribution in [3.8, 4) is 0 Å². The van der Waals surface area contributed by atoms with Gasteiger partial charge in [0.1, 0.15) is 5.76 Å². The zero-order chi connectivity index (χ0) is 13.2. The van der Waals surface area contributed by atoms with Crippen molar-refractivity contribution in [1.82, 2.24) is 9.71 Å². The van der Waals surface area contributed by atoms with Gasteiger partial charge in [0.05, 0.1) is 17.6 Å². The minimum absolute atomic E-state index is 0.0317. The molecule has 0 aliphatic rings. The molecule has 0 saturated heterocycles. The van der Waals surface area contributed by atoms with Crippen molar-refractivity contribution in [2.24, 2.45) is 5.73 Å². The number of hydrogen-bond donors (Lipinski definition) is 2. The lowest BCUT2D eigenvalue weighted by atomic mass is 10.5. The number of aryl methyl sites for hydroxylation is 1. The molecule has 0 bridgehead atoms. The molecule has 0 fully saturated rings. The summed E-state index contributed by atoms with van der Waals surface area (Å²) in [6.45, 7) is 2.11. The fourth-order valence-corrected chi connectivity index (χ4v) is 3.46. The Labute approximate surface area is 109 Å². The highest BCUT2D eigenvalue weighted by atomic mass is 32.2. The number of rotatable bonds is 5. The highest BCUT2D eigenvalue weighted by Crippen LogP contribution is 2.18. The lowest BCUT2D eigenvalue weighted by Crippen LogP contribution is -2.22. The number of thiophene rings is 1. The molecule has 0 saturated carbocycles. The first kappa shape index (κ1) is 13.2. The Morgan fingerprint density at radius 3 is 2.89 bits per heavy atom. The second-order valence-corrected chi connectivity index (χ2v) is 6.40. The van der Waals surface area contributed by atoms with Crippen LogP contribution < -0.4 is 10.5 Å². The van der Waals surface area contributed by atoms with Gasteiger partial charge in [-0.3, -0.25) is 0 Å². The molecular weight excluding hydrogens is 274 g/mol. The van der Waals surface area contributed by atoms with Crippen LogP contribution in [0, 0.1) is 6.92 Å². The van der Waals surface area contributed by atoms with Crippen molar-refractivity contribution in [1.29, 1.82) is 0 Å². The van der Waals surface area contributed by atoms with Gasteiger partial charge in [-0.15, -0.1) is 11.3 Å². The monoisotopic (exact) mass is 287 g/mol. The molecule has 2 heterocycles. The maximum atomic E-state index is 11.9. The van der Waals surface area contributed by atoms with Crippen molar-refractivity contribution in [2.75, 3.05) is 0 Å². The molecule has 3 N–H and O–H groups in total. The Morgan fingerprint density at radius 1 is 1.56 bits per heavy atom. The van der Waals surface area contributed by atoms with Gasteiger partial charge in [0.25, 0.3) is 0 Å². The minimum Gasteiger partial charge on any atom is -0.445 e. The highest BCUT2D eigenvalue weighted by Gasteiger charge is 2.16. The van der Waals surface area contributed by atoms with Crippen LogP contribution in [0.4, 0.5) is 0 Å². The molecule has 0 aliphatic carbocycles. The Morgan fingerprint density at radius 2 is 2.33 bits per heavy atom. The minimum atomic E-state index is -3.53. The summed E-state index contributed by atoms with van der Waals surface area (Å²) in [5.74, 6) is 0.982. The summed E-state index contributed by atoms with van der Waals surface area (Å²) in [4.78, 5) is 4.96. The number of sulfonamides is 1. The van der Waals surface area contributed by atoms with Gasteiger partial charge in [0.2, 0.25) is 15.9 Å². The van der Waals surface area contributed by atoms with Gasteiger partial charge in [-0.1, -0.05) is 0 Å². The molecule has 0 spiro atoms. The van der Waals surface area contributed by atoms with Crippen molar-refractivity contribution in [3.05, 3.63) is 34.2 Å². The summed E-state index contributed by atoms with van der Waals surface area (Å²) < 4.78 is 31.5. The molecule has 2 rings (SSSR count). The van der Waals surface area contributed by atoms with Gasteiger partial charge in [-0.2, -0.15) is 0 Å².